The normalized spacial score (nSPS) is 17.4. The molecule has 1 aliphatic heterocycles. The number of anilines is 1. The average molecular weight is 323 g/mol. The molecule has 0 radical (unpaired) electrons. The van der Waals surface area contributed by atoms with E-state index in [-0.39, 0.29) is 11.6 Å². The van der Waals surface area contributed by atoms with Crippen molar-refractivity contribution in [3.8, 4) is 0 Å². The van der Waals surface area contributed by atoms with Crippen LogP contribution in [0.25, 0.3) is 0 Å². The predicted octanol–water partition coefficient (Wildman–Crippen LogP) is 3.47. The summed E-state index contributed by atoms with van der Waals surface area (Å²) in [6, 6.07) is 13.9. The van der Waals surface area contributed by atoms with Crippen LogP contribution in [0.3, 0.4) is 0 Å². The number of hydrazone groups is 1. The number of rotatable bonds is 4. The van der Waals surface area contributed by atoms with Gasteiger partial charge in [0.2, 0.25) is 0 Å². The van der Waals surface area contributed by atoms with Crippen molar-refractivity contribution in [2.24, 2.45) is 15.3 Å². The second kappa shape index (κ2) is 6.37. The van der Waals surface area contributed by atoms with E-state index in [1.54, 1.807) is 25.1 Å². The van der Waals surface area contributed by atoms with Crippen molar-refractivity contribution in [3.05, 3.63) is 64.7 Å². The Kier molecular flexibility index (Phi) is 4.11. The van der Waals surface area contributed by atoms with Crippen LogP contribution in [0.4, 0.5) is 17.1 Å². The van der Waals surface area contributed by atoms with Gasteiger partial charge in [-0.1, -0.05) is 24.3 Å². The minimum absolute atomic E-state index is 0.0829. The van der Waals surface area contributed by atoms with Gasteiger partial charge in [0, 0.05) is 12.1 Å². The molecule has 3 rings (SSSR count). The molecule has 1 heterocycles. The average Bonchev–Trinajstić information content (AvgIpc) is 2.88. The number of azo groups is 1. The fourth-order valence-electron chi connectivity index (χ4n) is 2.24. The summed E-state index contributed by atoms with van der Waals surface area (Å²) in [7, 11) is 0. The highest BCUT2D eigenvalue weighted by atomic mass is 16.6. The highest BCUT2D eigenvalue weighted by molar-refractivity contribution is 6.18. The first kappa shape index (κ1) is 15.5. The monoisotopic (exact) mass is 323 g/mol. The lowest BCUT2D eigenvalue weighted by molar-refractivity contribution is -0.384. The molecule has 0 spiro atoms. The standard InChI is InChI=1S/C16H13N5O3/c1-11-15(16(22)20(19-11)13-7-3-2-4-8-13)18-17-12-6-5-9-14(10-12)21(23)24/h2-10,15H,1H3/t15-/m1/s1. The zero-order chi connectivity index (χ0) is 17.1. The quantitative estimate of drug-likeness (QED) is 0.489. The van der Waals surface area contributed by atoms with Gasteiger partial charge in [-0.3, -0.25) is 14.9 Å². The smallest absolute Gasteiger partial charge is 0.269 e. The molecule has 0 aromatic heterocycles. The summed E-state index contributed by atoms with van der Waals surface area (Å²) in [6.45, 7) is 1.69. The summed E-state index contributed by atoms with van der Waals surface area (Å²) >= 11 is 0. The number of nitro groups is 1. The molecular weight excluding hydrogens is 310 g/mol. The van der Waals surface area contributed by atoms with E-state index in [1.165, 1.54) is 23.2 Å². The molecule has 0 N–H and O–H groups in total. The molecular formula is C16H13N5O3. The fraction of sp³-hybridized carbons (Fsp3) is 0.125. The third kappa shape index (κ3) is 3.02. The molecule has 8 nitrogen and oxygen atoms in total. The number of benzene rings is 2. The highest BCUT2D eigenvalue weighted by Crippen LogP contribution is 2.24. The third-order valence-electron chi connectivity index (χ3n) is 3.43. The van der Waals surface area contributed by atoms with Gasteiger partial charge in [0.05, 0.1) is 22.0 Å². The van der Waals surface area contributed by atoms with Crippen molar-refractivity contribution in [3.63, 3.8) is 0 Å². The summed E-state index contributed by atoms with van der Waals surface area (Å²) in [5.74, 6) is -0.312. The molecule has 0 unspecified atom stereocenters. The second-order valence-corrected chi connectivity index (χ2v) is 5.12. The van der Waals surface area contributed by atoms with Crippen molar-refractivity contribution in [2.75, 3.05) is 5.01 Å². The number of amides is 1. The molecule has 2 aromatic carbocycles. The van der Waals surface area contributed by atoms with E-state index in [1.807, 2.05) is 18.2 Å². The zero-order valence-corrected chi connectivity index (χ0v) is 12.7. The number of carbonyl (C=O) groups excluding carboxylic acids is 1. The van der Waals surface area contributed by atoms with E-state index in [2.05, 4.69) is 15.3 Å². The van der Waals surface area contributed by atoms with Crippen LogP contribution in [0.15, 0.2) is 69.9 Å². The molecule has 1 atom stereocenters. The van der Waals surface area contributed by atoms with Gasteiger partial charge in [-0.15, -0.1) is 0 Å². The Morgan fingerprint density at radius 1 is 1.17 bits per heavy atom. The summed E-state index contributed by atoms with van der Waals surface area (Å²) in [5, 5.41) is 24.2. The second-order valence-electron chi connectivity index (χ2n) is 5.12. The Labute approximate surface area is 137 Å². The van der Waals surface area contributed by atoms with Crippen LogP contribution in [-0.2, 0) is 4.79 Å². The van der Waals surface area contributed by atoms with Crippen molar-refractivity contribution in [1.82, 2.24) is 0 Å². The summed E-state index contributed by atoms with van der Waals surface area (Å²) in [5.41, 5.74) is 1.39. The number of hydrogen-bond donors (Lipinski definition) is 0. The van der Waals surface area contributed by atoms with Gasteiger partial charge in [-0.05, 0) is 25.1 Å². The van der Waals surface area contributed by atoms with Crippen LogP contribution >= 0.6 is 0 Å². The fourth-order valence-corrected chi connectivity index (χ4v) is 2.24. The lowest BCUT2D eigenvalue weighted by Crippen LogP contribution is -2.29. The molecule has 120 valence electrons. The molecule has 1 aliphatic rings. The highest BCUT2D eigenvalue weighted by Gasteiger charge is 2.34. The number of nitrogens with zero attached hydrogens (tertiary/aromatic N) is 5. The lowest BCUT2D eigenvalue weighted by atomic mass is 10.2. The first-order valence-corrected chi connectivity index (χ1v) is 7.15. The van der Waals surface area contributed by atoms with Crippen LogP contribution in [0.5, 0.6) is 0 Å². The summed E-state index contributed by atoms with van der Waals surface area (Å²) in [6.07, 6.45) is 0. The first-order valence-electron chi connectivity index (χ1n) is 7.15. The number of non-ortho nitro benzene ring substituents is 1. The Hall–Kier alpha value is -3.42. The number of hydrogen-bond acceptors (Lipinski definition) is 6. The van der Waals surface area contributed by atoms with Gasteiger partial charge >= 0.3 is 0 Å². The number of carbonyl (C=O) groups is 1. The van der Waals surface area contributed by atoms with Crippen molar-refractivity contribution < 1.29 is 9.72 Å². The minimum atomic E-state index is -0.829. The third-order valence-corrected chi connectivity index (χ3v) is 3.43. The van der Waals surface area contributed by atoms with E-state index in [4.69, 9.17) is 0 Å². The van der Waals surface area contributed by atoms with E-state index < -0.39 is 11.0 Å². The van der Waals surface area contributed by atoms with Gasteiger partial charge in [-0.25, -0.2) is 0 Å². The van der Waals surface area contributed by atoms with Crippen molar-refractivity contribution in [2.45, 2.75) is 13.0 Å². The predicted molar refractivity (Wildman–Crippen MR) is 88.4 cm³/mol. The Morgan fingerprint density at radius 2 is 1.92 bits per heavy atom. The molecule has 24 heavy (non-hydrogen) atoms. The molecule has 8 heteroatoms. The molecule has 0 bridgehead atoms. The van der Waals surface area contributed by atoms with E-state index in [0.29, 0.717) is 17.1 Å². The van der Waals surface area contributed by atoms with Crippen molar-refractivity contribution in [1.29, 1.82) is 0 Å². The number of nitro benzene ring substituents is 1. The van der Waals surface area contributed by atoms with Crippen molar-refractivity contribution >= 4 is 28.7 Å². The van der Waals surface area contributed by atoms with Gasteiger partial charge < -0.3 is 0 Å². The van der Waals surface area contributed by atoms with E-state index in [9.17, 15) is 14.9 Å². The zero-order valence-electron chi connectivity index (χ0n) is 12.7. The maximum atomic E-state index is 12.5. The van der Waals surface area contributed by atoms with Crippen LogP contribution in [0.2, 0.25) is 0 Å². The molecule has 0 saturated carbocycles. The SMILES string of the molecule is CC1=NN(c2ccccc2)C(=O)[C@@H]1N=Nc1cccc([N+](=O)[O-])c1. The Balaban J connectivity index is 1.81. The lowest BCUT2D eigenvalue weighted by Gasteiger charge is -2.11. The maximum Gasteiger partial charge on any atom is 0.280 e. The summed E-state index contributed by atoms with van der Waals surface area (Å²) in [4.78, 5) is 22.7. The van der Waals surface area contributed by atoms with Crippen LogP contribution in [0.1, 0.15) is 6.92 Å². The molecule has 0 saturated heterocycles. The topological polar surface area (TPSA) is 101 Å². The summed E-state index contributed by atoms with van der Waals surface area (Å²) < 4.78 is 0. The van der Waals surface area contributed by atoms with Gasteiger partial charge in [0.15, 0.2) is 6.04 Å². The van der Waals surface area contributed by atoms with Crippen LogP contribution < -0.4 is 5.01 Å². The van der Waals surface area contributed by atoms with E-state index >= 15 is 0 Å². The van der Waals surface area contributed by atoms with Gasteiger partial charge in [0.25, 0.3) is 11.6 Å². The van der Waals surface area contributed by atoms with Crippen LogP contribution in [-0.4, -0.2) is 22.6 Å². The Morgan fingerprint density at radius 3 is 2.62 bits per heavy atom. The van der Waals surface area contributed by atoms with Gasteiger partial charge in [-0.2, -0.15) is 20.3 Å². The maximum absolute atomic E-state index is 12.5. The minimum Gasteiger partial charge on any atom is -0.269 e. The Bertz CT molecular complexity index is 848. The first-order chi connectivity index (χ1) is 11.6. The van der Waals surface area contributed by atoms with Crippen LogP contribution in [0, 0.1) is 10.1 Å². The van der Waals surface area contributed by atoms with E-state index in [0.717, 1.165) is 0 Å². The van der Waals surface area contributed by atoms with Gasteiger partial charge in [0.1, 0.15) is 0 Å². The molecule has 0 aliphatic carbocycles. The molecule has 0 fully saturated rings. The molecule has 1 amide bonds. The number of para-hydroxylation sites is 1. The molecule has 2 aromatic rings. The largest absolute Gasteiger partial charge is 0.280 e.